The lowest BCUT2D eigenvalue weighted by Crippen LogP contribution is -2.37. The van der Waals surface area contributed by atoms with Crippen LogP contribution in [-0.4, -0.2) is 61.5 Å². The van der Waals surface area contributed by atoms with E-state index in [4.69, 9.17) is 4.84 Å². The van der Waals surface area contributed by atoms with Crippen LogP contribution in [0.4, 0.5) is 19.0 Å². The zero-order valence-corrected chi connectivity index (χ0v) is 17.3. The third-order valence-corrected chi connectivity index (χ3v) is 4.78. The predicted octanol–water partition coefficient (Wildman–Crippen LogP) is 2.67. The molecule has 1 aliphatic heterocycles. The maximum absolute atomic E-state index is 13.3. The van der Waals surface area contributed by atoms with E-state index < -0.39 is 18.0 Å². The smallest absolute Gasteiger partial charge is 0.334 e. The van der Waals surface area contributed by atoms with Crippen molar-refractivity contribution in [3.05, 3.63) is 59.8 Å². The molecule has 0 N–H and O–H groups in total. The number of para-hydroxylation sites is 1. The number of hydrogen-bond acceptors (Lipinski definition) is 7. The highest BCUT2D eigenvalue weighted by Crippen LogP contribution is 2.30. The fourth-order valence-electron chi connectivity index (χ4n) is 3.43. The highest BCUT2D eigenvalue weighted by Gasteiger charge is 2.35. The molecule has 0 aliphatic carbocycles. The average Bonchev–Trinajstić information content (AvgIpc) is 3.21. The topological polar surface area (TPSA) is 89.3 Å². The maximum Gasteiger partial charge on any atom is 0.433 e. The summed E-state index contributed by atoms with van der Waals surface area (Å²) in [4.78, 5) is 29.6. The number of aryl methyl sites for hydroxylation is 1. The van der Waals surface area contributed by atoms with Crippen LogP contribution in [0, 0.1) is 6.92 Å². The van der Waals surface area contributed by atoms with Crippen molar-refractivity contribution >= 4 is 11.7 Å². The molecule has 2 aromatic heterocycles. The second kappa shape index (κ2) is 8.54. The van der Waals surface area contributed by atoms with Crippen molar-refractivity contribution in [2.24, 2.45) is 0 Å². The Labute approximate surface area is 181 Å². The first kappa shape index (κ1) is 21.7. The monoisotopic (exact) mass is 447 g/mol. The minimum absolute atomic E-state index is 0.00730. The summed E-state index contributed by atoms with van der Waals surface area (Å²) in [6.07, 6.45) is -2.06. The van der Waals surface area contributed by atoms with E-state index in [1.165, 1.54) is 29.2 Å². The molecule has 3 heterocycles. The molecule has 12 heteroatoms. The predicted molar refractivity (Wildman–Crippen MR) is 107 cm³/mol. The quantitative estimate of drug-likeness (QED) is 0.610. The van der Waals surface area contributed by atoms with Gasteiger partial charge in [0.15, 0.2) is 5.82 Å². The Kier molecular flexibility index (Phi) is 5.78. The molecule has 1 amide bonds. The molecule has 0 bridgehead atoms. The third-order valence-electron chi connectivity index (χ3n) is 4.78. The fraction of sp³-hybridized carbons (Fsp3) is 0.350. The Morgan fingerprint density at radius 2 is 1.84 bits per heavy atom. The minimum Gasteiger partial charge on any atom is -0.334 e. The Morgan fingerprint density at radius 3 is 2.56 bits per heavy atom. The molecule has 0 spiro atoms. The second-order valence-electron chi connectivity index (χ2n) is 7.26. The Balaban J connectivity index is 1.58. The van der Waals surface area contributed by atoms with Gasteiger partial charge in [-0.3, -0.25) is 9.63 Å². The van der Waals surface area contributed by atoms with Crippen LogP contribution in [0.25, 0.3) is 5.69 Å². The summed E-state index contributed by atoms with van der Waals surface area (Å²) in [6.45, 7) is 3.71. The molecule has 0 unspecified atom stereocenters. The minimum atomic E-state index is -4.60. The second-order valence-corrected chi connectivity index (χ2v) is 7.26. The first-order chi connectivity index (χ1) is 15.2. The molecule has 0 radical (unpaired) electrons. The van der Waals surface area contributed by atoms with Crippen molar-refractivity contribution in [1.82, 2.24) is 29.9 Å². The Bertz CT molecular complexity index is 1100. The molecular weight excluding hydrogens is 427 g/mol. The highest BCUT2D eigenvalue weighted by atomic mass is 19.4. The van der Waals surface area contributed by atoms with Crippen molar-refractivity contribution in [2.45, 2.75) is 26.1 Å². The zero-order valence-electron chi connectivity index (χ0n) is 17.3. The summed E-state index contributed by atoms with van der Waals surface area (Å²) in [5.41, 5.74) is -0.117. The van der Waals surface area contributed by atoms with E-state index >= 15 is 0 Å². The molecule has 9 nitrogen and oxygen atoms in total. The van der Waals surface area contributed by atoms with E-state index in [9.17, 15) is 18.0 Å². The number of benzene rings is 1. The van der Waals surface area contributed by atoms with Crippen molar-refractivity contribution in [2.75, 3.05) is 24.7 Å². The fourth-order valence-corrected chi connectivity index (χ4v) is 3.43. The molecule has 168 valence electrons. The van der Waals surface area contributed by atoms with Crippen LogP contribution in [-0.2, 0) is 11.0 Å². The molecule has 1 atom stereocenters. The normalized spacial score (nSPS) is 17.3. The van der Waals surface area contributed by atoms with Gasteiger partial charge >= 0.3 is 6.18 Å². The van der Waals surface area contributed by atoms with Gasteiger partial charge < -0.3 is 4.90 Å². The van der Waals surface area contributed by atoms with Gasteiger partial charge in [-0.1, -0.05) is 12.1 Å². The van der Waals surface area contributed by atoms with Gasteiger partial charge in [-0.15, -0.1) is 0 Å². The van der Waals surface area contributed by atoms with E-state index in [0.29, 0.717) is 11.3 Å². The number of alkyl halides is 3. The SMILES string of the molecule is Cc1nc(N2CCN(C(=O)c3ccccc3-n3nccn3)C[C@H](C)O2)cc(C(F)(F)F)n1. The molecule has 4 rings (SSSR count). The first-order valence-electron chi connectivity index (χ1n) is 9.84. The summed E-state index contributed by atoms with van der Waals surface area (Å²) in [6, 6.07) is 7.78. The van der Waals surface area contributed by atoms with Crippen LogP contribution < -0.4 is 5.06 Å². The number of carbonyl (C=O) groups is 1. The largest absolute Gasteiger partial charge is 0.433 e. The van der Waals surface area contributed by atoms with Gasteiger partial charge in [0.25, 0.3) is 5.91 Å². The van der Waals surface area contributed by atoms with Gasteiger partial charge in [-0.25, -0.2) is 15.0 Å². The number of rotatable bonds is 3. The molecule has 0 saturated carbocycles. The van der Waals surface area contributed by atoms with E-state index in [1.807, 2.05) is 0 Å². The standard InChI is InChI=1S/C20H20F3N7O2/c1-13-12-28(19(31)15-5-3-4-6-16(15)30-24-7-8-25-30)9-10-29(32-13)18-11-17(20(21,22)23)26-14(2)27-18/h3-8,11,13H,9-10,12H2,1-2H3/t13-/m0/s1. The molecule has 1 aromatic carbocycles. The van der Waals surface area contributed by atoms with Crippen LogP contribution in [0.3, 0.4) is 0 Å². The Morgan fingerprint density at radius 1 is 1.12 bits per heavy atom. The lowest BCUT2D eigenvalue weighted by Gasteiger charge is -2.23. The number of halogens is 3. The van der Waals surface area contributed by atoms with Crippen molar-refractivity contribution in [3.8, 4) is 5.69 Å². The number of carbonyl (C=O) groups excluding carboxylic acids is 1. The Hall–Kier alpha value is -3.54. The molecule has 1 aliphatic rings. The molecule has 32 heavy (non-hydrogen) atoms. The van der Waals surface area contributed by atoms with Gasteiger partial charge in [-0.2, -0.15) is 28.2 Å². The molecular formula is C20H20F3N7O2. The van der Waals surface area contributed by atoms with Gasteiger partial charge in [0, 0.05) is 19.2 Å². The van der Waals surface area contributed by atoms with Gasteiger partial charge in [0.05, 0.1) is 30.2 Å². The highest BCUT2D eigenvalue weighted by molar-refractivity contribution is 5.97. The number of nitrogens with zero attached hydrogens (tertiary/aromatic N) is 7. The lowest BCUT2D eigenvalue weighted by molar-refractivity contribution is -0.141. The van der Waals surface area contributed by atoms with E-state index in [0.717, 1.165) is 6.07 Å². The summed E-state index contributed by atoms with van der Waals surface area (Å²) >= 11 is 0. The van der Waals surface area contributed by atoms with Crippen molar-refractivity contribution < 1.29 is 22.8 Å². The van der Waals surface area contributed by atoms with Gasteiger partial charge in [0.2, 0.25) is 0 Å². The number of aromatic nitrogens is 5. The number of anilines is 1. The van der Waals surface area contributed by atoms with Crippen LogP contribution in [0.1, 0.15) is 28.8 Å². The molecule has 1 saturated heterocycles. The number of hydroxylamine groups is 1. The average molecular weight is 447 g/mol. The number of hydrogen-bond donors (Lipinski definition) is 0. The van der Waals surface area contributed by atoms with Gasteiger partial charge in [-0.05, 0) is 26.0 Å². The summed E-state index contributed by atoms with van der Waals surface area (Å²) in [5.74, 6) is -0.291. The molecule has 1 fully saturated rings. The number of amides is 1. The summed E-state index contributed by atoms with van der Waals surface area (Å²) in [7, 11) is 0. The zero-order chi connectivity index (χ0) is 22.9. The first-order valence-corrected chi connectivity index (χ1v) is 9.84. The van der Waals surface area contributed by atoms with Crippen LogP contribution in [0.2, 0.25) is 0 Å². The lowest BCUT2D eigenvalue weighted by atomic mass is 10.1. The van der Waals surface area contributed by atoms with Crippen LogP contribution in [0.5, 0.6) is 0 Å². The maximum atomic E-state index is 13.3. The van der Waals surface area contributed by atoms with E-state index in [-0.39, 0.29) is 37.2 Å². The summed E-state index contributed by atoms with van der Waals surface area (Å²) in [5, 5.41) is 9.46. The van der Waals surface area contributed by atoms with E-state index in [1.54, 1.807) is 36.1 Å². The third kappa shape index (κ3) is 4.54. The van der Waals surface area contributed by atoms with Gasteiger partial charge in [0.1, 0.15) is 17.6 Å². The summed E-state index contributed by atoms with van der Waals surface area (Å²) < 4.78 is 39.5. The van der Waals surface area contributed by atoms with Crippen molar-refractivity contribution in [3.63, 3.8) is 0 Å². The van der Waals surface area contributed by atoms with Crippen molar-refractivity contribution in [1.29, 1.82) is 0 Å². The van der Waals surface area contributed by atoms with Crippen LogP contribution in [0.15, 0.2) is 42.7 Å². The van der Waals surface area contributed by atoms with E-state index in [2.05, 4.69) is 20.2 Å². The van der Waals surface area contributed by atoms with Crippen LogP contribution >= 0.6 is 0 Å². The molecule has 3 aromatic rings.